The van der Waals surface area contributed by atoms with Crippen molar-refractivity contribution in [1.29, 1.82) is 0 Å². The third-order valence-electron chi connectivity index (χ3n) is 3.76. The number of piperidine rings is 1. The molecule has 1 fully saturated rings. The number of halogens is 3. The first kappa shape index (κ1) is 18.5. The second kappa shape index (κ2) is 7.65. The summed E-state index contributed by atoms with van der Waals surface area (Å²) in [4.78, 5) is 25.6. The third-order valence-corrected chi connectivity index (χ3v) is 3.76. The Labute approximate surface area is 134 Å². The number of likely N-dealkylation sites (tertiary alicyclic amines) is 1. The van der Waals surface area contributed by atoms with Gasteiger partial charge in [-0.25, -0.2) is 8.78 Å². The average Bonchev–Trinajstić information content (AvgIpc) is 2.48. The van der Waals surface area contributed by atoms with Crippen molar-refractivity contribution < 1.29 is 18.4 Å². The van der Waals surface area contributed by atoms with Gasteiger partial charge in [0.15, 0.2) is 5.78 Å². The topological polar surface area (TPSA) is 63.4 Å². The predicted octanol–water partition coefficient (Wildman–Crippen LogP) is 2.16. The molecule has 2 rings (SSSR count). The molecule has 0 aliphatic carbocycles. The van der Waals surface area contributed by atoms with E-state index in [4.69, 9.17) is 5.73 Å². The van der Waals surface area contributed by atoms with E-state index in [2.05, 4.69) is 0 Å². The van der Waals surface area contributed by atoms with Crippen molar-refractivity contribution >= 4 is 24.1 Å². The molecule has 7 heteroatoms. The van der Waals surface area contributed by atoms with Gasteiger partial charge in [0.1, 0.15) is 11.6 Å². The number of carbonyl (C=O) groups is 2. The molecule has 1 aromatic rings. The van der Waals surface area contributed by atoms with E-state index in [1.165, 1.54) is 0 Å². The number of ketones is 1. The van der Waals surface area contributed by atoms with E-state index in [1.807, 2.05) is 0 Å². The molecule has 0 radical (unpaired) electrons. The minimum Gasteiger partial charge on any atom is -0.341 e. The predicted molar refractivity (Wildman–Crippen MR) is 80.9 cm³/mol. The number of hydrogen-bond acceptors (Lipinski definition) is 3. The maximum Gasteiger partial charge on any atom is 0.239 e. The van der Waals surface area contributed by atoms with Crippen LogP contribution in [0.1, 0.15) is 30.1 Å². The SMILES string of the molecule is C[C@@H](N)C(=O)N1CCC(C(=O)c2cc(F)ccc2F)CC1.Cl. The Morgan fingerprint density at radius 1 is 1.27 bits per heavy atom. The van der Waals surface area contributed by atoms with E-state index >= 15 is 0 Å². The number of nitrogens with two attached hydrogens (primary N) is 1. The molecule has 0 aromatic heterocycles. The van der Waals surface area contributed by atoms with Crippen molar-refractivity contribution in [1.82, 2.24) is 4.90 Å². The van der Waals surface area contributed by atoms with Crippen molar-refractivity contribution in [3.05, 3.63) is 35.4 Å². The van der Waals surface area contributed by atoms with Gasteiger partial charge in [-0.15, -0.1) is 12.4 Å². The molecule has 1 aliphatic rings. The summed E-state index contributed by atoms with van der Waals surface area (Å²) in [6.45, 7) is 2.43. The molecule has 1 amide bonds. The van der Waals surface area contributed by atoms with E-state index in [0.29, 0.717) is 25.9 Å². The monoisotopic (exact) mass is 332 g/mol. The molecule has 0 unspecified atom stereocenters. The summed E-state index contributed by atoms with van der Waals surface area (Å²) in [7, 11) is 0. The van der Waals surface area contributed by atoms with Gasteiger partial charge in [-0.05, 0) is 38.0 Å². The Kier molecular flexibility index (Phi) is 6.44. The summed E-state index contributed by atoms with van der Waals surface area (Å²) in [6.07, 6.45) is 0.875. The summed E-state index contributed by atoms with van der Waals surface area (Å²) in [5.41, 5.74) is 5.32. The van der Waals surface area contributed by atoms with Crippen LogP contribution >= 0.6 is 12.4 Å². The van der Waals surface area contributed by atoms with Crippen LogP contribution in [0.3, 0.4) is 0 Å². The molecule has 122 valence electrons. The lowest BCUT2D eigenvalue weighted by atomic mass is 9.88. The molecule has 1 aromatic carbocycles. The Balaban J connectivity index is 0.00000242. The van der Waals surface area contributed by atoms with Gasteiger partial charge in [0, 0.05) is 19.0 Å². The van der Waals surface area contributed by atoms with Gasteiger partial charge in [0.2, 0.25) is 5.91 Å². The van der Waals surface area contributed by atoms with E-state index in [9.17, 15) is 18.4 Å². The minimum atomic E-state index is -0.713. The van der Waals surface area contributed by atoms with Gasteiger partial charge in [0.05, 0.1) is 11.6 Å². The normalized spacial score (nSPS) is 16.8. The quantitative estimate of drug-likeness (QED) is 0.863. The number of carbonyl (C=O) groups excluding carboxylic acids is 2. The summed E-state index contributed by atoms with van der Waals surface area (Å²) in [5, 5.41) is 0. The molecule has 0 saturated carbocycles. The van der Waals surface area contributed by atoms with Crippen LogP contribution in [0.4, 0.5) is 8.78 Å². The molecule has 1 saturated heterocycles. The van der Waals surface area contributed by atoms with Gasteiger partial charge < -0.3 is 10.6 Å². The van der Waals surface area contributed by atoms with Crippen molar-refractivity contribution in [3.8, 4) is 0 Å². The highest BCUT2D eigenvalue weighted by atomic mass is 35.5. The van der Waals surface area contributed by atoms with Crippen molar-refractivity contribution in [2.75, 3.05) is 13.1 Å². The lowest BCUT2D eigenvalue weighted by Crippen LogP contribution is -2.46. The van der Waals surface area contributed by atoms with Crippen LogP contribution in [0.25, 0.3) is 0 Å². The molecule has 4 nitrogen and oxygen atoms in total. The zero-order chi connectivity index (χ0) is 15.6. The van der Waals surface area contributed by atoms with E-state index in [0.717, 1.165) is 18.2 Å². The smallest absolute Gasteiger partial charge is 0.239 e. The zero-order valence-electron chi connectivity index (χ0n) is 12.2. The largest absolute Gasteiger partial charge is 0.341 e. The van der Waals surface area contributed by atoms with Crippen LogP contribution in [0, 0.1) is 17.6 Å². The number of amides is 1. The van der Waals surface area contributed by atoms with Crippen LogP contribution in [0.2, 0.25) is 0 Å². The van der Waals surface area contributed by atoms with Crippen LogP contribution in [-0.2, 0) is 4.79 Å². The fourth-order valence-electron chi connectivity index (χ4n) is 2.56. The molecule has 22 heavy (non-hydrogen) atoms. The maximum absolute atomic E-state index is 13.6. The minimum absolute atomic E-state index is 0. The molecular weight excluding hydrogens is 314 g/mol. The summed E-state index contributed by atoms with van der Waals surface area (Å²) >= 11 is 0. The molecular formula is C15H19ClF2N2O2. The van der Waals surface area contributed by atoms with E-state index in [1.54, 1.807) is 11.8 Å². The van der Waals surface area contributed by atoms with Gasteiger partial charge in [0.25, 0.3) is 0 Å². The summed E-state index contributed by atoms with van der Waals surface area (Å²) < 4.78 is 26.8. The van der Waals surface area contributed by atoms with E-state index < -0.39 is 29.4 Å². The van der Waals surface area contributed by atoms with Crippen molar-refractivity contribution in [3.63, 3.8) is 0 Å². The molecule has 1 heterocycles. The summed E-state index contributed by atoms with van der Waals surface area (Å²) in [6, 6.07) is 2.29. The number of Topliss-reactive ketones (excluding diaryl/α,β-unsaturated/α-hetero) is 1. The first-order chi connectivity index (χ1) is 9.90. The molecule has 1 aliphatic heterocycles. The zero-order valence-corrected chi connectivity index (χ0v) is 13.0. The fraction of sp³-hybridized carbons (Fsp3) is 0.467. The maximum atomic E-state index is 13.6. The number of benzene rings is 1. The summed E-state index contributed by atoms with van der Waals surface area (Å²) in [5.74, 6) is -2.30. The van der Waals surface area contributed by atoms with Crippen LogP contribution < -0.4 is 5.73 Å². The lowest BCUT2D eigenvalue weighted by Gasteiger charge is -2.32. The number of hydrogen-bond donors (Lipinski definition) is 1. The van der Waals surface area contributed by atoms with Crippen molar-refractivity contribution in [2.45, 2.75) is 25.8 Å². The molecule has 0 bridgehead atoms. The number of nitrogens with zero attached hydrogens (tertiary/aromatic N) is 1. The second-order valence-corrected chi connectivity index (χ2v) is 5.38. The molecule has 2 N–H and O–H groups in total. The highest BCUT2D eigenvalue weighted by molar-refractivity contribution is 5.98. The number of rotatable bonds is 3. The lowest BCUT2D eigenvalue weighted by molar-refractivity contribution is -0.133. The second-order valence-electron chi connectivity index (χ2n) is 5.38. The Morgan fingerprint density at radius 2 is 1.86 bits per heavy atom. The van der Waals surface area contributed by atoms with Crippen LogP contribution in [0.15, 0.2) is 18.2 Å². The highest BCUT2D eigenvalue weighted by Crippen LogP contribution is 2.24. The van der Waals surface area contributed by atoms with Gasteiger partial charge in [-0.2, -0.15) is 0 Å². The van der Waals surface area contributed by atoms with Gasteiger partial charge in [-0.1, -0.05) is 0 Å². The Bertz CT molecular complexity index is 558. The van der Waals surface area contributed by atoms with Crippen LogP contribution in [0.5, 0.6) is 0 Å². The Hall–Kier alpha value is -1.53. The first-order valence-electron chi connectivity index (χ1n) is 6.93. The highest BCUT2D eigenvalue weighted by Gasteiger charge is 2.30. The average molecular weight is 333 g/mol. The Morgan fingerprint density at radius 3 is 2.41 bits per heavy atom. The van der Waals surface area contributed by atoms with Crippen molar-refractivity contribution in [2.24, 2.45) is 11.7 Å². The van der Waals surface area contributed by atoms with Gasteiger partial charge in [-0.3, -0.25) is 9.59 Å². The van der Waals surface area contributed by atoms with E-state index in [-0.39, 0.29) is 23.9 Å². The first-order valence-corrected chi connectivity index (χ1v) is 6.93. The third kappa shape index (κ3) is 4.01. The van der Waals surface area contributed by atoms with Gasteiger partial charge >= 0.3 is 0 Å². The van der Waals surface area contributed by atoms with Crippen LogP contribution in [-0.4, -0.2) is 35.7 Å². The molecule has 1 atom stereocenters. The molecule has 0 spiro atoms. The fourth-order valence-corrected chi connectivity index (χ4v) is 2.56. The standard InChI is InChI=1S/C15H18F2N2O2.ClH/c1-9(18)15(21)19-6-4-10(5-7-19)14(20)12-8-11(16)2-3-13(12)17;/h2-3,8-10H,4-7,18H2,1H3;1H/t9-;/m1./s1.